The van der Waals surface area contributed by atoms with Crippen molar-refractivity contribution in [3.63, 3.8) is 0 Å². The van der Waals surface area contributed by atoms with E-state index >= 15 is 0 Å². The van der Waals surface area contributed by atoms with E-state index < -0.39 is 0 Å². The number of pyridine rings is 1. The zero-order valence-electron chi connectivity index (χ0n) is 8.76. The molecule has 3 heterocycles. The highest BCUT2D eigenvalue weighted by Gasteiger charge is 2.22. The average Bonchev–Trinajstić information content (AvgIpc) is 3.01. The SMILES string of the molecule is c1ccc(-c2nnc(C3CCCN3)o2)nc1. The van der Waals surface area contributed by atoms with Gasteiger partial charge in [0.1, 0.15) is 5.69 Å². The molecule has 0 aromatic carbocycles. The number of aromatic nitrogens is 3. The highest BCUT2D eigenvalue weighted by atomic mass is 16.4. The van der Waals surface area contributed by atoms with E-state index in [0.29, 0.717) is 11.8 Å². The molecule has 1 saturated heterocycles. The summed E-state index contributed by atoms with van der Waals surface area (Å²) in [5, 5.41) is 11.4. The van der Waals surface area contributed by atoms with Crippen LogP contribution < -0.4 is 5.32 Å². The molecule has 1 atom stereocenters. The Morgan fingerprint density at radius 1 is 1.31 bits per heavy atom. The lowest BCUT2D eigenvalue weighted by molar-refractivity contribution is 0.436. The maximum atomic E-state index is 5.61. The second-order valence-corrected chi connectivity index (χ2v) is 3.81. The molecular formula is C11H12N4O. The van der Waals surface area contributed by atoms with Crippen LogP contribution in [0.15, 0.2) is 28.8 Å². The molecule has 0 saturated carbocycles. The second-order valence-electron chi connectivity index (χ2n) is 3.81. The van der Waals surface area contributed by atoms with Crippen LogP contribution in [0.25, 0.3) is 11.6 Å². The Morgan fingerprint density at radius 3 is 3.06 bits per heavy atom. The lowest BCUT2D eigenvalue weighted by atomic mass is 10.2. The molecule has 2 aromatic rings. The van der Waals surface area contributed by atoms with Crippen molar-refractivity contribution < 1.29 is 4.42 Å². The number of nitrogens with one attached hydrogen (secondary N) is 1. The van der Waals surface area contributed by atoms with E-state index in [1.165, 1.54) is 0 Å². The third-order valence-electron chi connectivity index (χ3n) is 2.68. The highest BCUT2D eigenvalue weighted by Crippen LogP contribution is 2.24. The largest absolute Gasteiger partial charge is 0.418 e. The third kappa shape index (κ3) is 1.69. The molecule has 1 aliphatic heterocycles. The molecule has 1 unspecified atom stereocenters. The maximum absolute atomic E-state index is 5.61. The maximum Gasteiger partial charge on any atom is 0.266 e. The van der Waals surface area contributed by atoms with Gasteiger partial charge in [-0.25, -0.2) is 0 Å². The van der Waals surface area contributed by atoms with Crippen LogP contribution in [0.4, 0.5) is 0 Å². The molecule has 0 amide bonds. The molecule has 1 aliphatic rings. The van der Waals surface area contributed by atoms with Crippen molar-refractivity contribution in [2.75, 3.05) is 6.54 Å². The van der Waals surface area contributed by atoms with E-state index in [9.17, 15) is 0 Å². The van der Waals surface area contributed by atoms with Gasteiger partial charge in [-0.05, 0) is 31.5 Å². The Kier molecular flexibility index (Phi) is 2.38. The first-order valence-electron chi connectivity index (χ1n) is 5.42. The van der Waals surface area contributed by atoms with Gasteiger partial charge >= 0.3 is 0 Å². The molecule has 1 fully saturated rings. The van der Waals surface area contributed by atoms with Gasteiger partial charge in [0.05, 0.1) is 6.04 Å². The van der Waals surface area contributed by atoms with Crippen LogP contribution in [0.5, 0.6) is 0 Å². The molecule has 82 valence electrons. The summed E-state index contributed by atoms with van der Waals surface area (Å²) in [4.78, 5) is 4.17. The van der Waals surface area contributed by atoms with E-state index in [2.05, 4.69) is 20.5 Å². The predicted molar refractivity (Wildman–Crippen MR) is 57.5 cm³/mol. The third-order valence-corrected chi connectivity index (χ3v) is 2.68. The monoisotopic (exact) mass is 216 g/mol. The first kappa shape index (κ1) is 9.47. The Labute approximate surface area is 92.9 Å². The van der Waals surface area contributed by atoms with Crippen molar-refractivity contribution in [3.8, 4) is 11.6 Å². The quantitative estimate of drug-likeness (QED) is 0.825. The van der Waals surface area contributed by atoms with E-state index in [1.807, 2.05) is 18.2 Å². The molecule has 3 rings (SSSR count). The molecular weight excluding hydrogens is 204 g/mol. The van der Waals surface area contributed by atoms with E-state index in [-0.39, 0.29) is 6.04 Å². The van der Waals surface area contributed by atoms with Crippen molar-refractivity contribution in [2.45, 2.75) is 18.9 Å². The van der Waals surface area contributed by atoms with Crippen molar-refractivity contribution in [1.82, 2.24) is 20.5 Å². The number of rotatable bonds is 2. The topological polar surface area (TPSA) is 63.8 Å². The van der Waals surface area contributed by atoms with Crippen molar-refractivity contribution in [3.05, 3.63) is 30.3 Å². The zero-order valence-corrected chi connectivity index (χ0v) is 8.76. The van der Waals surface area contributed by atoms with Gasteiger partial charge in [0, 0.05) is 6.20 Å². The van der Waals surface area contributed by atoms with Gasteiger partial charge in [0.25, 0.3) is 5.89 Å². The minimum absolute atomic E-state index is 0.213. The summed E-state index contributed by atoms with van der Waals surface area (Å²) < 4.78 is 5.61. The molecule has 5 heteroatoms. The standard InChI is InChI=1S/C11H12N4O/c1-2-6-12-8(4-1)10-14-15-11(16-10)9-5-3-7-13-9/h1-2,4,6,9,13H,3,5,7H2. The molecule has 1 N–H and O–H groups in total. The number of hydrogen-bond donors (Lipinski definition) is 1. The Morgan fingerprint density at radius 2 is 2.31 bits per heavy atom. The molecule has 0 radical (unpaired) electrons. The molecule has 0 aliphatic carbocycles. The summed E-state index contributed by atoms with van der Waals surface area (Å²) in [6.07, 6.45) is 3.93. The lowest BCUT2D eigenvalue weighted by Gasteiger charge is -2.01. The minimum atomic E-state index is 0.213. The zero-order chi connectivity index (χ0) is 10.8. The van der Waals surface area contributed by atoms with E-state index in [1.54, 1.807) is 6.20 Å². The van der Waals surface area contributed by atoms with E-state index in [0.717, 1.165) is 25.1 Å². The van der Waals surface area contributed by atoms with Gasteiger partial charge in [-0.15, -0.1) is 10.2 Å². The Balaban J connectivity index is 1.87. The lowest BCUT2D eigenvalue weighted by Crippen LogP contribution is -2.12. The van der Waals surface area contributed by atoms with Crippen LogP contribution in [0.1, 0.15) is 24.8 Å². The minimum Gasteiger partial charge on any atom is -0.418 e. The van der Waals surface area contributed by atoms with Gasteiger partial charge < -0.3 is 9.73 Å². The van der Waals surface area contributed by atoms with Crippen LogP contribution in [0.2, 0.25) is 0 Å². The number of hydrogen-bond acceptors (Lipinski definition) is 5. The fourth-order valence-corrected chi connectivity index (χ4v) is 1.86. The van der Waals surface area contributed by atoms with Crippen molar-refractivity contribution in [1.29, 1.82) is 0 Å². The molecule has 0 bridgehead atoms. The summed E-state index contributed by atoms with van der Waals surface area (Å²) in [5.74, 6) is 1.16. The van der Waals surface area contributed by atoms with Crippen LogP contribution in [0.3, 0.4) is 0 Å². The van der Waals surface area contributed by atoms with Gasteiger partial charge in [-0.3, -0.25) is 4.98 Å². The van der Waals surface area contributed by atoms with E-state index in [4.69, 9.17) is 4.42 Å². The van der Waals surface area contributed by atoms with Crippen molar-refractivity contribution in [2.24, 2.45) is 0 Å². The number of nitrogens with zero attached hydrogens (tertiary/aromatic N) is 3. The average molecular weight is 216 g/mol. The molecule has 16 heavy (non-hydrogen) atoms. The summed E-state index contributed by atoms with van der Waals surface area (Å²) in [6.45, 7) is 1.02. The second kappa shape index (κ2) is 4.02. The summed E-state index contributed by atoms with van der Waals surface area (Å²) in [7, 11) is 0. The highest BCUT2D eigenvalue weighted by molar-refractivity contribution is 5.44. The van der Waals surface area contributed by atoms with Crippen molar-refractivity contribution >= 4 is 0 Å². The van der Waals surface area contributed by atoms with Crippen LogP contribution in [-0.4, -0.2) is 21.7 Å². The van der Waals surface area contributed by atoms with Crippen LogP contribution in [-0.2, 0) is 0 Å². The van der Waals surface area contributed by atoms with Crippen LogP contribution >= 0.6 is 0 Å². The first-order valence-corrected chi connectivity index (χ1v) is 5.42. The molecule has 0 spiro atoms. The predicted octanol–water partition coefficient (Wildman–Crippen LogP) is 1.56. The Hall–Kier alpha value is -1.75. The molecule has 2 aromatic heterocycles. The normalized spacial score (nSPS) is 20.1. The Bertz CT molecular complexity index is 462. The van der Waals surface area contributed by atoms with Crippen LogP contribution in [0, 0.1) is 0 Å². The fraction of sp³-hybridized carbons (Fsp3) is 0.364. The van der Waals surface area contributed by atoms with Gasteiger partial charge in [-0.1, -0.05) is 6.07 Å². The summed E-state index contributed by atoms with van der Waals surface area (Å²) in [6, 6.07) is 5.84. The smallest absolute Gasteiger partial charge is 0.266 e. The molecule has 5 nitrogen and oxygen atoms in total. The fourth-order valence-electron chi connectivity index (χ4n) is 1.86. The van der Waals surface area contributed by atoms with Gasteiger partial charge in [-0.2, -0.15) is 0 Å². The first-order chi connectivity index (χ1) is 7.93. The summed E-state index contributed by atoms with van der Waals surface area (Å²) in [5.41, 5.74) is 0.722. The van der Waals surface area contributed by atoms with Gasteiger partial charge in [0.2, 0.25) is 5.89 Å². The van der Waals surface area contributed by atoms with Gasteiger partial charge in [0.15, 0.2) is 0 Å². The summed E-state index contributed by atoms with van der Waals surface area (Å²) >= 11 is 0.